The molecule has 0 aliphatic carbocycles. The Morgan fingerprint density at radius 3 is 2.52 bits per heavy atom. The molecule has 29 heavy (non-hydrogen) atoms. The maximum atomic E-state index is 12.9. The molecule has 1 aromatic carbocycles. The highest BCUT2D eigenvalue weighted by Crippen LogP contribution is 2.28. The van der Waals surface area contributed by atoms with Crippen molar-refractivity contribution in [2.75, 3.05) is 39.8 Å². The van der Waals surface area contributed by atoms with Gasteiger partial charge in [0.25, 0.3) is 5.91 Å². The minimum absolute atomic E-state index is 0.0135. The zero-order chi connectivity index (χ0) is 21.0. The third kappa shape index (κ3) is 4.73. The van der Waals surface area contributed by atoms with Gasteiger partial charge in [-0.1, -0.05) is 6.07 Å². The number of hydrogen-bond acceptors (Lipinski definition) is 5. The molecule has 1 N–H and O–H groups in total. The van der Waals surface area contributed by atoms with Gasteiger partial charge in [0.05, 0.1) is 19.3 Å². The number of benzene rings is 1. The second-order valence-corrected chi connectivity index (χ2v) is 7.87. The number of carbonyl (C=O) groups excluding carboxylic acids is 2. The van der Waals surface area contributed by atoms with E-state index in [1.54, 1.807) is 13.2 Å². The number of β-amino-alcohol motifs (C(OH)–C–C–N with tert-alkyl or cyclic N) is 1. The van der Waals surface area contributed by atoms with E-state index in [1.807, 2.05) is 41.8 Å². The quantitative estimate of drug-likeness (QED) is 0.781. The molecule has 2 amide bonds. The summed E-state index contributed by atoms with van der Waals surface area (Å²) in [5.74, 6) is 0.801. The van der Waals surface area contributed by atoms with Crippen LogP contribution in [-0.4, -0.2) is 89.6 Å². The maximum Gasteiger partial charge on any atom is 0.253 e. The molecule has 0 unspecified atom stereocenters. The van der Waals surface area contributed by atoms with Crippen LogP contribution in [0.4, 0.5) is 0 Å². The molecule has 2 aliphatic rings. The van der Waals surface area contributed by atoms with Gasteiger partial charge in [0.2, 0.25) is 5.91 Å². The number of methoxy groups -OCH3 is 1. The molecule has 1 aromatic rings. The number of likely N-dealkylation sites (N-methyl/N-ethyl adjacent to an activating group) is 1. The fraction of sp³-hybridized carbons (Fsp3) is 0.636. The van der Waals surface area contributed by atoms with Crippen molar-refractivity contribution in [3.05, 3.63) is 29.8 Å². The molecule has 160 valence electrons. The van der Waals surface area contributed by atoms with Gasteiger partial charge in [-0.2, -0.15) is 0 Å². The summed E-state index contributed by atoms with van der Waals surface area (Å²) in [7, 11) is 1.59. The van der Waals surface area contributed by atoms with E-state index in [0.717, 1.165) is 12.8 Å². The molecule has 0 bridgehead atoms. The van der Waals surface area contributed by atoms with Crippen molar-refractivity contribution < 1.29 is 19.4 Å². The highest BCUT2D eigenvalue weighted by molar-refractivity contribution is 5.94. The lowest BCUT2D eigenvalue weighted by molar-refractivity contribution is -0.136. The number of ether oxygens (including phenoxy) is 1. The first-order valence-electron chi connectivity index (χ1n) is 10.6. The Morgan fingerprint density at radius 1 is 1.21 bits per heavy atom. The van der Waals surface area contributed by atoms with Crippen LogP contribution in [0.5, 0.6) is 5.75 Å². The predicted molar refractivity (Wildman–Crippen MR) is 111 cm³/mol. The number of amides is 2. The Labute approximate surface area is 173 Å². The first-order chi connectivity index (χ1) is 14.0. The Kier molecular flexibility index (Phi) is 7.14. The molecule has 0 radical (unpaired) electrons. The van der Waals surface area contributed by atoms with Crippen LogP contribution >= 0.6 is 0 Å². The number of hydrogen-bond donors (Lipinski definition) is 1. The van der Waals surface area contributed by atoms with Crippen molar-refractivity contribution in [2.45, 2.75) is 51.3 Å². The predicted octanol–water partition coefficient (Wildman–Crippen LogP) is 1.60. The van der Waals surface area contributed by atoms with Crippen LogP contribution < -0.4 is 4.74 Å². The number of carbonyl (C=O) groups is 2. The molecule has 2 heterocycles. The van der Waals surface area contributed by atoms with Gasteiger partial charge in [0, 0.05) is 44.3 Å². The average molecular weight is 404 g/mol. The Hall–Kier alpha value is -2.12. The smallest absolute Gasteiger partial charge is 0.253 e. The van der Waals surface area contributed by atoms with E-state index in [2.05, 4.69) is 4.90 Å². The lowest BCUT2D eigenvalue weighted by Gasteiger charge is -2.39. The highest BCUT2D eigenvalue weighted by atomic mass is 16.5. The molecule has 3 rings (SSSR count). The molecule has 2 atom stereocenters. The van der Waals surface area contributed by atoms with Crippen molar-refractivity contribution in [3.63, 3.8) is 0 Å². The molecule has 7 heteroatoms. The fourth-order valence-electron chi connectivity index (χ4n) is 4.57. The molecule has 2 saturated heterocycles. The van der Waals surface area contributed by atoms with Crippen LogP contribution in [0.3, 0.4) is 0 Å². The summed E-state index contributed by atoms with van der Waals surface area (Å²) in [6.45, 7) is 7.18. The zero-order valence-corrected chi connectivity index (χ0v) is 17.7. The lowest BCUT2D eigenvalue weighted by atomic mass is 10.0. The number of piperidine rings is 1. The first-order valence-corrected chi connectivity index (χ1v) is 10.6. The van der Waals surface area contributed by atoms with E-state index >= 15 is 0 Å². The molecular weight excluding hydrogens is 370 g/mol. The topological polar surface area (TPSA) is 73.3 Å². The minimum atomic E-state index is -0.462. The summed E-state index contributed by atoms with van der Waals surface area (Å²) in [4.78, 5) is 31.7. The third-order valence-electron chi connectivity index (χ3n) is 6.21. The molecule has 7 nitrogen and oxygen atoms in total. The van der Waals surface area contributed by atoms with Gasteiger partial charge in [-0.15, -0.1) is 0 Å². The summed E-state index contributed by atoms with van der Waals surface area (Å²) in [5, 5.41) is 10.2. The van der Waals surface area contributed by atoms with Crippen molar-refractivity contribution in [1.29, 1.82) is 0 Å². The molecule has 0 aromatic heterocycles. The van der Waals surface area contributed by atoms with E-state index in [4.69, 9.17) is 4.74 Å². The van der Waals surface area contributed by atoms with E-state index in [1.165, 1.54) is 0 Å². The SMILES string of the molecule is CCN(CC)C(=O)[C@@H]1C[C@@H](O)CN1C1CCN(C(=O)c2cccc(OC)c2)CC1. The Bertz CT molecular complexity index is 714. The van der Waals surface area contributed by atoms with Gasteiger partial charge in [-0.25, -0.2) is 0 Å². The molecule has 2 aliphatic heterocycles. The summed E-state index contributed by atoms with van der Waals surface area (Å²) < 4.78 is 5.22. The van der Waals surface area contributed by atoms with E-state index in [0.29, 0.717) is 50.5 Å². The number of nitrogens with zero attached hydrogens (tertiary/aromatic N) is 3. The minimum Gasteiger partial charge on any atom is -0.497 e. The van der Waals surface area contributed by atoms with Crippen molar-refractivity contribution in [2.24, 2.45) is 0 Å². The number of aliphatic hydroxyl groups excluding tert-OH is 1. The largest absolute Gasteiger partial charge is 0.497 e. The lowest BCUT2D eigenvalue weighted by Crippen LogP contribution is -2.52. The van der Waals surface area contributed by atoms with Gasteiger partial charge in [0.15, 0.2) is 0 Å². The van der Waals surface area contributed by atoms with Gasteiger partial charge < -0.3 is 19.6 Å². The molecule has 0 spiro atoms. The van der Waals surface area contributed by atoms with Gasteiger partial charge in [0.1, 0.15) is 5.75 Å². The van der Waals surface area contributed by atoms with E-state index in [9.17, 15) is 14.7 Å². The normalized spacial score (nSPS) is 23.2. The van der Waals surface area contributed by atoms with E-state index in [-0.39, 0.29) is 23.9 Å². The standard InChI is InChI=1S/C22H33N3O4/c1-4-23(5-2)22(28)20-14-18(26)15-25(20)17-9-11-24(12-10-17)21(27)16-7-6-8-19(13-16)29-3/h6-8,13,17-18,20,26H,4-5,9-12,14-15H2,1-3H3/t18-,20+/m1/s1. The maximum absolute atomic E-state index is 12.9. The molecule has 0 saturated carbocycles. The summed E-state index contributed by atoms with van der Waals surface area (Å²) >= 11 is 0. The summed E-state index contributed by atoms with van der Waals surface area (Å²) in [6, 6.07) is 7.20. The highest BCUT2D eigenvalue weighted by Gasteiger charge is 2.42. The fourth-order valence-corrected chi connectivity index (χ4v) is 4.57. The monoisotopic (exact) mass is 403 g/mol. The second kappa shape index (κ2) is 9.59. The van der Waals surface area contributed by atoms with Gasteiger partial charge in [-0.3, -0.25) is 14.5 Å². The zero-order valence-electron chi connectivity index (χ0n) is 17.7. The number of likely N-dealkylation sites (tertiary alicyclic amines) is 2. The van der Waals surface area contributed by atoms with Crippen LogP contribution in [-0.2, 0) is 4.79 Å². The first kappa shape index (κ1) is 21.6. The Morgan fingerprint density at radius 2 is 1.90 bits per heavy atom. The summed E-state index contributed by atoms with van der Waals surface area (Å²) in [5.41, 5.74) is 0.633. The summed E-state index contributed by atoms with van der Waals surface area (Å²) in [6.07, 6.45) is 1.66. The Balaban J connectivity index is 1.63. The van der Waals surface area contributed by atoms with Crippen LogP contribution in [0.25, 0.3) is 0 Å². The van der Waals surface area contributed by atoms with Crippen LogP contribution in [0.2, 0.25) is 0 Å². The van der Waals surface area contributed by atoms with Crippen molar-refractivity contribution >= 4 is 11.8 Å². The molecular formula is C22H33N3O4. The van der Waals surface area contributed by atoms with Crippen LogP contribution in [0, 0.1) is 0 Å². The van der Waals surface area contributed by atoms with Gasteiger partial charge >= 0.3 is 0 Å². The van der Waals surface area contributed by atoms with Gasteiger partial charge in [-0.05, 0) is 51.3 Å². The van der Waals surface area contributed by atoms with Crippen molar-refractivity contribution in [1.82, 2.24) is 14.7 Å². The second-order valence-electron chi connectivity index (χ2n) is 7.87. The number of rotatable bonds is 6. The average Bonchev–Trinajstić information content (AvgIpc) is 3.15. The van der Waals surface area contributed by atoms with Crippen LogP contribution in [0.1, 0.15) is 43.5 Å². The van der Waals surface area contributed by atoms with Crippen LogP contribution in [0.15, 0.2) is 24.3 Å². The number of aliphatic hydroxyl groups is 1. The third-order valence-corrected chi connectivity index (χ3v) is 6.21. The molecule has 2 fully saturated rings. The van der Waals surface area contributed by atoms with E-state index < -0.39 is 6.10 Å². The van der Waals surface area contributed by atoms with Crippen molar-refractivity contribution in [3.8, 4) is 5.75 Å².